The van der Waals surface area contributed by atoms with Crippen LogP contribution in [0.5, 0.6) is 0 Å². The van der Waals surface area contributed by atoms with Gasteiger partial charge in [0.1, 0.15) is 6.10 Å². The van der Waals surface area contributed by atoms with Gasteiger partial charge in [0.2, 0.25) is 0 Å². The molecule has 0 spiro atoms. The zero-order chi connectivity index (χ0) is 11.7. The highest BCUT2D eigenvalue weighted by Crippen LogP contribution is 2.18. The number of aliphatic hydroxyl groups excluding tert-OH is 1. The van der Waals surface area contributed by atoms with E-state index in [2.05, 4.69) is 0 Å². The molecular formula is C10H12N2O4. The molecule has 1 N–H and O–H groups in total. The first-order valence-electron chi connectivity index (χ1n) is 4.86. The molecule has 0 aliphatic carbocycles. The highest BCUT2D eigenvalue weighted by Gasteiger charge is 2.21. The zero-order valence-corrected chi connectivity index (χ0v) is 8.74. The average Bonchev–Trinajstić information content (AvgIpc) is 2.74. The van der Waals surface area contributed by atoms with Crippen molar-refractivity contribution in [3.05, 3.63) is 45.3 Å². The van der Waals surface area contributed by atoms with E-state index in [0.29, 0.717) is 0 Å². The van der Waals surface area contributed by atoms with Gasteiger partial charge in [0.25, 0.3) is 5.56 Å². The maximum absolute atomic E-state index is 11.7. The Kier molecular flexibility index (Phi) is 2.76. The van der Waals surface area contributed by atoms with Crippen molar-refractivity contribution >= 4 is 0 Å². The first-order chi connectivity index (χ1) is 7.63. The summed E-state index contributed by atoms with van der Waals surface area (Å²) >= 11 is 0. The van der Waals surface area contributed by atoms with Crippen LogP contribution in [0, 0.1) is 0 Å². The van der Waals surface area contributed by atoms with Crippen molar-refractivity contribution in [3.8, 4) is 0 Å². The van der Waals surface area contributed by atoms with Gasteiger partial charge in [-0.25, -0.2) is 4.79 Å². The van der Waals surface area contributed by atoms with Gasteiger partial charge in [-0.1, -0.05) is 6.08 Å². The van der Waals surface area contributed by atoms with Crippen LogP contribution in [0.2, 0.25) is 0 Å². The summed E-state index contributed by atoms with van der Waals surface area (Å²) < 4.78 is 7.66. The highest BCUT2D eigenvalue weighted by molar-refractivity contribution is 5.02. The second-order valence-electron chi connectivity index (χ2n) is 3.54. The van der Waals surface area contributed by atoms with E-state index in [9.17, 15) is 9.59 Å². The largest absolute Gasteiger partial charge is 0.393 e. The molecule has 0 unspecified atom stereocenters. The van der Waals surface area contributed by atoms with Gasteiger partial charge in [0.05, 0.1) is 6.61 Å². The second-order valence-corrected chi connectivity index (χ2v) is 3.54. The van der Waals surface area contributed by atoms with Crippen LogP contribution in [0.3, 0.4) is 0 Å². The number of hydrogen-bond donors (Lipinski definition) is 1. The minimum absolute atomic E-state index is 0.131. The van der Waals surface area contributed by atoms with Crippen molar-refractivity contribution in [3.63, 3.8) is 0 Å². The lowest BCUT2D eigenvalue weighted by Gasteiger charge is -2.15. The van der Waals surface area contributed by atoms with Gasteiger partial charge in [-0.05, 0) is 6.08 Å². The van der Waals surface area contributed by atoms with Crippen LogP contribution in [0.1, 0.15) is 6.23 Å². The van der Waals surface area contributed by atoms with Crippen molar-refractivity contribution in [2.75, 3.05) is 6.61 Å². The van der Waals surface area contributed by atoms with Crippen LogP contribution in [0.25, 0.3) is 0 Å². The molecule has 1 aromatic heterocycles. The fraction of sp³-hybridized carbons (Fsp3) is 0.400. The smallest absolute Gasteiger partial charge is 0.333 e. The summed E-state index contributed by atoms with van der Waals surface area (Å²) in [6.07, 6.45) is 3.79. The quantitative estimate of drug-likeness (QED) is 0.653. The first-order valence-corrected chi connectivity index (χ1v) is 4.86. The van der Waals surface area contributed by atoms with Crippen LogP contribution in [0.15, 0.2) is 34.0 Å². The van der Waals surface area contributed by atoms with Gasteiger partial charge < -0.3 is 9.84 Å². The molecule has 2 atom stereocenters. The van der Waals surface area contributed by atoms with Gasteiger partial charge in [-0.2, -0.15) is 0 Å². The summed E-state index contributed by atoms with van der Waals surface area (Å²) in [6.45, 7) is -0.131. The Bertz CT molecular complexity index is 528. The molecule has 16 heavy (non-hydrogen) atoms. The Balaban J connectivity index is 2.37. The summed E-state index contributed by atoms with van der Waals surface area (Å²) in [7, 11) is 1.41. The third-order valence-corrected chi connectivity index (χ3v) is 2.47. The summed E-state index contributed by atoms with van der Waals surface area (Å²) in [4.78, 5) is 22.9. The van der Waals surface area contributed by atoms with E-state index < -0.39 is 18.0 Å². The van der Waals surface area contributed by atoms with Gasteiger partial charge >= 0.3 is 5.69 Å². The Morgan fingerprint density at radius 3 is 2.81 bits per heavy atom. The van der Waals surface area contributed by atoms with Gasteiger partial charge in [-0.3, -0.25) is 13.9 Å². The normalized spacial score (nSPS) is 23.9. The van der Waals surface area contributed by atoms with E-state index in [-0.39, 0.29) is 12.2 Å². The van der Waals surface area contributed by atoms with Gasteiger partial charge in [0, 0.05) is 19.3 Å². The van der Waals surface area contributed by atoms with E-state index in [0.717, 1.165) is 4.57 Å². The molecule has 1 aromatic rings. The lowest BCUT2D eigenvalue weighted by atomic mass is 10.4. The fourth-order valence-electron chi connectivity index (χ4n) is 1.53. The lowest BCUT2D eigenvalue weighted by molar-refractivity contribution is -0.0108. The van der Waals surface area contributed by atoms with Crippen LogP contribution in [-0.4, -0.2) is 27.0 Å². The predicted octanol–water partition coefficient (Wildman–Crippen LogP) is -1.01. The number of aromatic nitrogens is 2. The van der Waals surface area contributed by atoms with Crippen molar-refractivity contribution in [2.24, 2.45) is 7.05 Å². The highest BCUT2D eigenvalue weighted by atomic mass is 16.5. The lowest BCUT2D eigenvalue weighted by Crippen LogP contribution is -2.38. The molecule has 0 aromatic carbocycles. The molecule has 0 saturated heterocycles. The molecule has 0 amide bonds. The van der Waals surface area contributed by atoms with E-state index in [1.165, 1.54) is 23.9 Å². The van der Waals surface area contributed by atoms with Gasteiger partial charge in [0.15, 0.2) is 6.23 Å². The van der Waals surface area contributed by atoms with Crippen LogP contribution in [0.4, 0.5) is 0 Å². The molecule has 0 bridgehead atoms. The van der Waals surface area contributed by atoms with Crippen LogP contribution >= 0.6 is 0 Å². The molecule has 2 heterocycles. The molecule has 6 nitrogen and oxygen atoms in total. The zero-order valence-electron chi connectivity index (χ0n) is 8.74. The van der Waals surface area contributed by atoms with Crippen LogP contribution in [-0.2, 0) is 11.8 Å². The van der Waals surface area contributed by atoms with E-state index in [1.54, 1.807) is 12.2 Å². The number of rotatable bonds is 2. The number of aliphatic hydroxyl groups is 1. The van der Waals surface area contributed by atoms with Crippen molar-refractivity contribution in [1.29, 1.82) is 0 Å². The average molecular weight is 224 g/mol. The Morgan fingerprint density at radius 1 is 1.44 bits per heavy atom. The monoisotopic (exact) mass is 224 g/mol. The Hall–Kier alpha value is -1.66. The van der Waals surface area contributed by atoms with E-state index in [1.807, 2.05) is 0 Å². The molecule has 0 fully saturated rings. The Morgan fingerprint density at radius 2 is 2.19 bits per heavy atom. The third-order valence-electron chi connectivity index (χ3n) is 2.47. The molecule has 0 saturated carbocycles. The van der Waals surface area contributed by atoms with Gasteiger partial charge in [-0.15, -0.1) is 0 Å². The second kappa shape index (κ2) is 4.07. The summed E-state index contributed by atoms with van der Waals surface area (Å²) in [5.74, 6) is 0. The molecule has 86 valence electrons. The van der Waals surface area contributed by atoms with Crippen molar-refractivity contribution in [2.45, 2.75) is 12.3 Å². The fourth-order valence-corrected chi connectivity index (χ4v) is 1.53. The van der Waals surface area contributed by atoms with E-state index >= 15 is 0 Å². The summed E-state index contributed by atoms with van der Waals surface area (Å²) in [5, 5.41) is 8.88. The maximum Gasteiger partial charge on any atom is 0.333 e. The molecular weight excluding hydrogens is 212 g/mol. The number of nitrogens with zero attached hydrogens (tertiary/aromatic N) is 2. The third kappa shape index (κ3) is 1.72. The Labute approximate surface area is 91.0 Å². The number of ether oxygens (including phenoxy) is 1. The SMILES string of the molecule is Cn1c(=O)ccn([C@H]2C=C[C@@H](CO)O2)c1=O. The first kappa shape index (κ1) is 10.8. The summed E-state index contributed by atoms with van der Waals surface area (Å²) in [5.41, 5.74) is -0.803. The topological polar surface area (TPSA) is 73.5 Å². The van der Waals surface area contributed by atoms with E-state index in [4.69, 9.17) is 9.84 Å². The number of hydrogen-bond acceptors (Lipinski definition) is 4. The molecule has 2 rings (SSSR count). The maximum atomic E-state index is 11.7. The standard InChI is InChI=1S/C10H12N2O4/c1-11-8(14)4-5-12(10(11)15)9-3-2-7(6-13)16-9/h2-5,7,9,13H,6H2,1H3/t7-,9+/m0/s1. The van der Waals surface area contributed by atoms with Crippen LogP contribution < -0.4 is 11.2 Å². The molecule has 0 radical (unpaired) electrons. The minimum atomic E-state index is -0.559. The molecule has 6 heteroatoms. The van der Waals surface area contributed by atoms with Crippen molar-refractivity contribution < 1.29 is 9.84 Å². The predicted molar refractivity (Wildman–Crippen MR) is 56.1 cm³/mol. The molecule has 1 aliphatic heterocycles. The molecule has 1 aliphatic rings. The minimum Gasteiger partial charge on any atom is -0.393 e. The summed E-state index contributed by atoms with van der Waals surface area (Å²) in [6, 6.07) is 1.30. The van der Waals surface area contributed by atoms with Crippen molar-refractivity contribution in [1.82, 2.24) is 9.13 Å².